The molecule has 0 N–H and O–H groups in total. The molecule has 0 aromatic carbocycles. The van der Waals surface area contributed by atoms with Gasteiger partial charge in [-0.3, -0.25) is 0 Å². The van der Waals surface area contributed by atoms with E-state index in [4.69, 9.17) is 4.74 Å². The summed E-state index contributed by atoms with van der Waals surface area (Å²) in [6.45, 7) is 5.61. The van der Waals surface area contributed by atoms with Crippen LogP contribution >= 0.6 is 0 Å². The van der Waals surface area contributed by atoms with Gasteiger partial charge in [-0.25, -0.2) is 0 Å². The molecule has 1 aliphatic heterocycles. The monoisotopic (exact) mass is 318 g/mol. The summed E-state index contributed by atoms with van der Waals surface area (Å²) in [5.41, 5.74) is 0. The molecule has 1 heterocycles. The third-order valence-electron chi connectivity index (χ3n) is 7.14. The summed E-state index contributed by atoms with van der Waals surface area (Å²) in [5, 5.41) is 0. The molecule has 3 rings (SSSR count). The molecule has 2 fully saturated rings. The molecule has 3 aliphatic rings. The van der Waals surface area contributed by atoms with E-state index in [1.165, 1.54) is 82.8 Å². The first-order chi connectivity index (χ1) is 11.3. The summed E-state index contributed by atoms with van der Waals surface area (Å²) < 4.78 is 6.10. The lowest BCUT2D eigenvalue weighted by atomic mass is 9.68. The molecule has 0 aromatic heterocycles. The van der Waals surface area contributed by atoms with Crippen molar-refractivity contribution >= 4 is 0 Å². The van der Waals surface area contributed by atoms with Gasteiger partial charge in [0.25, 0.3) is 0 Å². The van der Waals surface area contributed by atoms with Crippen LogP contribution in [-0.4, -0.2) is 6.61 Å². The van der Waals surface area contributed by atoms with E-state index in [0.29, 0.717) is 0 Å². The van der Waals surface area contributed by atoms with E-state index < -0.39 is 0 Å². The van der Waals surface area contributed by atoms with Crippen LogP contribution < -0.4 is 0 Å². The average molecular weight is 319 g/mol. The summed E-state index contributed by atoms with van der Waals surface area (Å²) in [6, 6.07) is 0. The Kier molecular flexibility index (Phi) is 6.48. The Morgan fingerprint density at radius 1 is 0.870 bits per heavy atom. The van der Waals surface area contributed by atoms with E-state index >= 15 is 0 Å². The van der Waals surface area contributed by atoms with E-state index in [0.717, 1.165) is 36.2 Å². The molecule has 0 saturated heterocycles. The van der Waals surface area contributed by atoms with E-state index in [2.05, 4.69) is 19.9 Å². The molecule has 0 spiro atoms. The van der Waals surface area contributed by atoms with Crippen molar-refractivity contribution in [1.29, 1.82) is 0 Å². The van der Waals surface area contributed by atoms with Crippen molar-refractivity contribution in [1.82, 2.24) is 0 Å². The van der Waals surface area contributed by atoms with Gasteiger partial charge in [-0.2, -0.15) is 0 Å². The van der Waals surface area contributed by atoms with Gasteiger partial charge in [0.05, 0.1) is 12.4 Å². The van der Waals surface area contributed by atoms with Crippen molar-refractivity contribution in [2.45, 2.75) is 90.9 Å². The van der Waals surface area contributed by atoms with E-state index in [1.54, 1.807) is 0 Å². The predicted octanol–water partition coefficient (Wildman–Crippen LogP) is 6.73. The second-order valence-corrected chi connectivity index (χ2v) is 8.61. The van der Waals surface area contributed by atoms with Crippen LogP contribution in [0.4, 0.5) is 0 Å². The summed E-state index contributed by atoms with van der Waals surface area (Å²) in [4.78, 5) is 0. The second kappa shape index (κ2) is 8.58. The minimum atomic E-state index is 0.750. The lowest BCUT2D eigenvalue weighted by molar-refractivity contribution is 0.0885. The maximum Gasteiger partial charge on any atom is 0.0951 e. The highest BCUT2D eigenvalue weighted by atomic mass is 16.5. The standard InChI is InChI=1S/C22H38O/c1-3-5-18-6-9-19(10-7-18)20-11-13-21(14-12-20)22-15-8-17(4-2)16-23-22/h15,17-21H,3-14,16H2,1-2H3. The molecule has 23 heavy (non-hydrogen) atoms. The molecular formula is C22H38O. The molecule has 1 unspecified atom stereocenters. The van der Waals surface area contributed by atoms with Crippen molar-refractivity contribution in [2.24, 2.45) is 29.6 Å². The predicted molar refractivity (Wildman–Crippen MR) is 98.2 cm³/mol. The first kappa shape index (κ1) is 17.4. The van der Waals surface area contributed by atoms with Crippen LogP contribution in [0, 0.1) is 29.6 Å². The molecule has 2 saturated carbocycles. The second-order valence-electron chi connectivity index (χ2n) is 8.61. The number of ether oxygens (including phenoxy) is 1. The Morgan fingerprint density at radius 3 is 2.04 bits per heavy atom. The lowest BCUT2D eigenvalue weighted by Crippen LogP contribution is -2.27. The quantitative estimate of drug-likeness (QED) is 0.546. The van der Waals surface area contributed by atoms with Gasteiger partial charge in [0.2, 0.25) is 0 Å². The Labute approximate surface area is 144 Å². The first-order valence-corrected chi connectivity index (χ1v) is 10.6. The van der Waals surface area contributed by atoms with Gasteiger partial charge in [0.15, 0.2) is 0 Å². The van der Waals surface area contributed by atoms with Crippen molar-refractivity contribution in [3.8, 4) is 0 Å². The van der Waals surface area contributed by atoms with Crippen LogP contribution in [0.15, 0.2) is 11.8 Å². The van der Waals surface area contributed by atoms with Gasteiger partial charge in [0.1, 0.15) is 0 Å². The fourth-order valence-electron chi connectivity index (χ4n) is 5.42. The number of rotatable bonds is 5. The molecule has 132 valence electrons. The number of hydrogen-bond acceptors (Lipinski definition) is 1. The van der Waals surface area contributed by atoms with Gasteiger partial charge in [-0.05, 0) is 81.1 Å². The normalized spacial score (nSPS) is 38.7. The smallest absolute Gasteiger partial charge is 0.0951 e. The van der Waals surface area contributed by atoms with Gasteiger partial charge in [0, 0.05) is 5.92 Å². The highest BCUT2D eigenvalue weighted by Gasteiger charge is 2.32. The fraction of sp³-hybridized carbons (Fsp3) is 0.909. The maximum absolute atomic E-state index is 6.10. The zero-order valence-electron chi connectivity index (χ0n) is 15.6. The highest BCUT2D eigenvalue weighted by Crippen LogP contribution is 2.44. The van der Waals surface area contributed by atoms with E-state index in [-0.39, 0.29) is 0 Å². The number of hydrogen-bond donors (Lipinski definition) is 0. The van der Waals surface area contributed by atoms with Crippen molar-refractivity contribution in [3.05, 3.63) is 11.8 Å². The highest BCUT2D eigenvalue weighted by molar-refractivity contribution is 5.04. The summed E-state index contributed by atoms with van der Waals surface area (Å²) >= 11 is 0. The third kappa shape index (κ3) is 4.54. The maximum atomic E-state index is 6.10. The fourth-order valence-corrected chi connectivity index (χ4v) is 5.42. The lowest BCUT2D eigenvalue weighted by Gasteiger charge is -2.39. The van der Waals surface area contributed by atoms with Crippen molar-refractivity contribution in [3.63, 3.8) is 0 Å². The van der Waals surface area contributed by atoms with Crippen LogP contribution in [-0.2, 0) is 4.74 Å². The van der Waals surface area contributed by atoms with Gasteiger partial charge < -0.3 is 4.74 Å². The van der Waals surface area contributed by atoms with E-state index in [1.807, 2.05) is 0 Å². The largest absolute Gasteiger partial charge is 0.498 e. The third-order valence-corrected chi connectivity index (χ3v) is 7.14. The van der Waals surface area contributed by atoms with Crippen LogP contribution in [0.1, 0.15) is 90.9 Å². The van der Waals surface area contributed by atoms with Crippen LogP contribution in [0.25, 0.3) is 0 Å². The van der Waals surface area contributed by atoms with Gasteiger partial charge >= 0.3 is 0 Å². The minimum Gasteiger partial charge on any atom is -0.498 e. The zero-order valence-corrected chi connectivity index (χ0v) is 15.6. The molecule has 0 radical (unpaired) electrons. The Bertz CT molecular complexity index is 369. The van der Waals surface area contributed by atoms with Gasteiger partial charge in [-0.15, -0.1) is 0 Å². The summed E-state index contributed by atoms with van der Waals surface area (Å²) in [7, 11) is 0. The zero-order chi connectivity index (χ0) is 16.1. The van der Waals surface area contributed by atoms with Crippen LogP contribution in [0.5, 0.6) is 0 Å². The average Bonchev–Trinajstić information content (AvgIpc) is 2.63. The molecule has 1 atom stereocenters. The summed E-state index contributed by atoms with van der Waals surface area (Å²) in [5.74, 6) is 6.02. The Hall–Kier alpha value is -0.460. The van der Waals surface area contributed by atoms with Gasteiger partial charge in [-0.1, -0.05) is 39.5 Å². The Balaban J connectivity index is 1.42. The topological polar surface area (TPSA) is 9.23 Å². The van der Waals surface area contributed by atoms with Crippen LogP contribution in [0.2, 0.25) is 0 Å². The number of allylic oxidation sites excluding steroid dienone is 2. The SMILES string of the molecule is CCCC1CCC(C2CCC(C3=CCC(CC)CO3)CC2)CC1. The molecule has 1 heteroatoms. The van der Waals surface area contributed by atoms with Crippen LogP contribution in [0.3, 0.4) is 0 Å². The van der Waals surface area contributed by atoms with E-state index in [9.17, 15) is 0 Å². The molecular weight excluding hydrogens is 280 g/mol. The Morgan fingerprint density at radius 2 is 1.52 bits per heavy atom. The van der Waals surface area contributed by atoms with Crippen molar-refractivity contribution < 1.29 is 4.74 Å². The molecule has 0 amide bonds. The molecule has 0 aromatic rings. The molecule has 2 aliphatic carbocycles. The minimum absolute atomic E-state index is 0.750. The van der Waals surface area contributed by atoms with Crippen molar-refractivity contribution in [2.75, 3.05) is 6.61 Å². The molecule has 0 bridgehead atoms. The first-order valence-electron chi connectivity index (χ1n) is 10.6. The summed E-state index contributed by atoms with van der Waals surface area (Å²) in [6.07, 6.45) is 19.6. The molecule has 1 nitrogen and oxygen atoms in total.